The van der Waals surface area contributed by atoms with E-state index in [1.165, 1.54) is 36.2 Å². The number of nitrogens with zero attached hydrogens (tertiary/aromatic N) is 2. The van der Waals surface area contributed by atoms with Crippen LogP contribution in [-0.2, 0) is 4.79 Å². The first kappa shape index (κ1) is 22.6. The van der Waals surface area contributed by atoms with Gasteiger partial charge in [0.1, 0.15) is 5.75 Å². The molecule has 0 aliphatic carbocycles. The summed E-state index contributed by atoms with van der Waals surface area (Å²) in [5.74, 6) is -0.213. The molecule has 0 unspecified atom stereocenters. The maximum absolute atomic E-state index is 12.0. The van der Waals surface area contributed by atoms with Gasteiger partial charge in [0.15, 0.2) is 6.61 Å². The summed E-state index contributed by atoms with van der Waals surface area (Å²) < 4.78 is 5.34. The number of hydrogen-bond donors (Lipinski definition) is 1. The van der Waals surface area contributed by atoms with Crippen LogP contribution in [0.4, 0.5) is 5.69 Å². The molecule has 0 radical (unpaired) electrons. The zero-order valence-corrected chi connectivity index (χ0v) is 18.2. The Balaban J connectivity index is 1.67. The average Bonchev–Trinajstić information content (AvgIpc) is 2.75. The van der Waals surface area contributed by atoms with E-state index in [-0.39, 0.29) is 17.3 Å². The first-order valence-electron chi connectivity index (χ1n) is 8.83. The third kappa shape index (κ3) is 6.71. The summed E-state index contributed by atoms with van der Waals surface area (Å²) in [6, 6.07) is 18.6. The monoisotopic (exact) mass is 475 g/mol. The second kappa shape index (κ2) is 10.8. The molecule has 3 rings (SSSR count). The number of hydrogen-bond acceptors (Lipinski definition) is 6. The summed E-state index contributed by atoms with van der Waals surface area (Å²) in [7, 11) is 0. The Morgan fingerprint density at radius 1 is 1.13 bits per heavy atom. The molecule has 1 amide bonds. The highest BCUT2D eigenvalue weighted by atomic mass is 35.5. The highest BCUT2D eigenvalue weighted by Crippen LogP contribution is 2.31. The summed E-state index contributed by atoms with van der Waals surface area (Å²) in [5, 5.41) is 15.8. The van der Waals surface area contributed by atoms with Gasteiger partial charge >= 0.3 is 0 Å². The number of carbonyl (C=O) groups is 1. The lowest BCUT2D eigenvalue weighted by atomic mass is 10.2. The number of nitro groups is 1. The minimum Gasteiger partial charge on any atom is -0.482 e. The van der Waals surface area contributed by atoms with Crippen molar-refractivity contribution in [2.24, 2.45) is 5.10 Å². The largest absolute Gasteiger partial charge is 0.482 e. The standard InChI is InChI=1S/C21H15Cl2N3O4S/c22-15-6-8-19(18(23)11-15)30-13-21(27)25-24-12-14-10-16(26(28)29)7-9-20(14)31-17-4-2-1-3-5-17/h1-12H,13H2,(H,25,27)/b24-12-. The molecule has 0 spiro atoms. The van der Waals surface area contributed by atoms with E-state index in [4.69, 9.17) is 27.9 Å². The summed E-state index contributed by atoms with van der Waals surface area (Å²) in [5.41, 5.74) is 2.74. The van der Waals surface area contributed by atoms with Crippen LogP contribution in [0, 0.1) is 10.1 Å². The predicted molar refractivity (Wildman–Crippen MR) is 121 cm³/mol. The minimum absolute atomic E-state index is 0.0779. The lowest BCUT2D eigenvalue weighted by Crippen LogP contribution is -2.24. The number of halogens is 2. The van der Waals surface area contributed by atoms with Gasteiger partial charge in [-0.2, -0.15) is 5.10 Å². The maximum atomic E-state index is 12.0. The third-order valence-corrected chi connectivity index (χ3v) is 5.45. The normalized spacial score (nSPS) is 10.8. The van der Waals surface area contributed by atoms with E-state index in [0.29, 0.717) is 16.3 Å². The third-order valence-electron chi connectivity index (χ3n) is 3.82. The van der Waals surface area contributed by atoms with Crippen LogP contribution in [0.3, 0.4) is 0 Å². The summed E-state index contributed by atoms with van der Waals surface area (Å²) in [6.07, 6.45) is 1.35. The molecule has 0 saturated heterocycles. The molecule has 158 valence electrons. The van der Waals surface area contributed by atoms with Gasteiger partial charge in [0, 0.05) is 32.5 Å². The van der Waals surface area contributed by atoms with Gasteiger partial charge in [-0.25, -0.2) is 5.43 Å². The molecule has 0 aromatic heterocycles. The van der Waals surface area contributed by atoms with Crippen molar-refractivity contribution < 1.29 is 14.5 Å². The number of ether oxygens (including phenoxy) is 1. The van der Waals surface area contributed by atoms with Crippen molar-refractivity contribution in [2.75, 3.05) is 6.61 Å². The zero-order chi connectivity index (χ0) is 22.2. The van der Waals surface area contributed by atoms with E-state index in [1.807, 2.05) is 30.3 Å². The first-order chi connectivity index (χ1) is 14.9. The molecular formula is C21H15Cl2N3O4S. The number of rotatable bonds is 8. The number of hydrazone groups is 1. The van der Waals surface area contributed by atoms with Crippen LogP contribution >= 0.6 is 35.0 Å². The average molecular weight is 476 g/mol. The van der Waals surface area contributed by atoms with Crippen LogP contribution < -0.4 is 10.2 Å². The molecule has 0 fully saturated rings. The fraction of sp³-hybridized carbons (Fsp3) is 0.0476. The van der Waals surface area contributed by atoms with Crippen molar-refractivity contribution in [1.82, 2.24) is 5.43 Å². The number of nitro benzene ring substituents is 1. The topological polar surface area (TPSA) is 93.8 Å². The van der Waals surface area contributed by atoms with Crippen LogP contribution in [0.5, 0.6) is 5.75 Å². The molecule has 0 atom stereocenters. The molecule has 0 aliphatic rings. The Labute approximate surface area is 192 Å². The van der Waals surface area contributed by atoms with E-state index in [9.17, 15) is 14.9 Å². The van der Waals surface area contributed by atoms with Gasteiger partial charge in [-0.1, -0.05) is 53.2 Å². The van der Waals surface area contributed by atoms with Crippen molar-refractivity contribution in [3.8, 4) is 5.75 Å². The lowest BCUT2D eigenvalue weighted by Gasteiger charge is -2.07. The molecular weight excluding hydrogens is 461 g/mol. The zero-order valence-electron chi connectivity index (χ0n) is 15.8. The summed E-state index contributed by atoms with van der Waals surface area (Å²) in [6.45, 7) is -0.320. The SMILES string of the molecule is O=C(COc1ccc(Cl)cc1Cl)N/N=C\c1cc([N+](=O)[O-])ccc1Sc1ccccc1. The second-order valence-electron chi connectivity index (χ2n) is 6.05. The van der Waals surface area contributed by atoms with Crippen LogP contribution in [-0.4, -0.2) is 23.7 Å². The highest BCUT2D eigenvalue weighted by molar-refractivity contribution is 7.99. The molecule has 10 heteroatoms. The Morgan fingerprint density at radius 2 is 1.90 bits per heavy atom. The van der Waals surface area contributed by atoms with Crippen LogP contribution in [0.2, 0.25) is 10.0 Å². The molecule has 3 aromatic rings. The molecule has 7 nitrogen and oxygen atoms in total. The van der Waals surface area contributed by atoms with Gasteiger partial charge in [-0.3, -0.25) is 14.9 Å². The molecule has 0 bridgehead atoms. The Hall–Kier alpha value is -3.07. The number of non-ortho nitro benzene ring substituents is 1. The first-order valence-corrected chi connectivity index (χ1v) is 10.4. The van der Waals surface area contributed by atoms with Gasteiger partial charge < -0.3 is 4.74 Å². The van der Waals surface area contributed by atoms with Crippen molar-refractivity contribution in [1.29, 1.82) is 0 Å². The molecule has 31 heavy (non-hydrogen) atoms. The van der Waals surface area contributed by atoms with Crippen LogP contribution in [0.1, 0.15) is 5.56 Å². The van der Waals surface area contributed by atoms with E-state index in [2.05, 4.69) is 10.5 Å². The van der Waals surface area contributed by atoms with Gasteiger partial charge in [-0.15, -0.1) is 0 Å². The van der Waals surface area contributed by atoms with Gasteiger partial charge in [-0.05, 0) is 36.4 Å². The maximum Gasteiger partial charge on any atom is 0.277 e. The number of benzene rings is 3. The van der Waals surface area contributed by atoms with E-state index < -0.39 is 10.8 Å². The van der Waals surface area contributed by atoms with Crippen molar-refractivity contribution >= 4 is 52.8 Å². The summed E-state index contributed by atoms with van der Waals surface area (Å²) >= 11 is 13.2. The van der Waals surface area contributed by atoms with Crippen LogP contribution in [0.15, 0.2) is 81.6 Å². The molecule has 3 aromatic carbocycles. The van der Waals surface area contributed by atoms with Gasteiger partial charge in [0.2, 0.25) is 0 Å². The van der Waals surface area contributed by atoms with Gasteiger partial charge in [0.05, 0.1) is 16.2 Å². The smallest absolute Gasteiger partial charge is 0.277 e. The quantitative estimate of drug-likeness (QED) is 0.260. The van der Waals surface area contributed by atoms with Crippen molar-refractivity contribution in [3.05, 3.63) is 92.5 Å². The van der Waals surface area contributed by atoms with E-state index >= 15 is 0 Å². The van der Waals surface area contributed by atoms with Gasteiger partial charge in [0.25, 0.3) is 11.6 Å². The summed E-state index contributed by atoms with van der Waals surface area (Å²) in [4.78, 5) is 24.3. The molecule has 0 saturated carbocycles. The molecule has 1 N–H and O–H groups in total. The number of amides is 1. The Bertz CT molecular complexity index is 1130. The Kier molecular flexibility index (Phi) is 7.88. The predicted octanol–water partition coefficient (Wildman–Crippen LogP) is 5.58. The molecule has 0 heterocycles. The number of nitrogens with one attached hydrogen (secondary N) is 1. The number of carbonyl (C=O) groups excluding carboxylic acids is 1. The fourth-order valence-corrected chi connectivity index (χ4v) is 3.78. The van der Waals surface area contributed by atoms with Crippen LogP contribution in [0.25, 0.3) is 0 Å². The van der Waals surface area contributed by atoms with Crippen molar-refractivity contribution in [2.45, 2.75) is 9.79 Å². The highest BCUT2D eigenvalue weighted by Gasteiger charge is 2.11. The van der Waals surface area contributed by atoms with E-state index in [0.717, 1.165) is 9.79 Å². The van der Waals surface area contributed by atoms with E-state index in [1.54, 1.807) is 18.2 Å². The molecule has 0 aliphatic heterocycles. The van der Waals surface area contributed by atoms with Crippen molar-refractivity contribution in [3.63, 3.8) is 0 Å². The fourth-order valence-electron chi connectivity index (χ4n) is 2.40. The lowest BCUT2D eigenvalue weighted by molar-refractivity contribution is -0.384. The minimum atomic E-state index is -0.523. The Morgan fingerprint density at radius 3 is 2.61 bits per heavy atom. The second-order valence-corrected chi connectivity index (χ2v) is 8.01.